The summed E-state index contributed by atoms with van der Waals surface area (Å²) >= 11 is 0. The Bertz CT molecular complexity index is 690. The van der Waals surface area contributed by atoms with Crippen LogP contribution in [0.25, 0.3) is 5.69 Å². The van der Waals surface area contributed by atoms with Crippen molar-refractivity contribution in [3.8, 4) is 5.69 Å². The van der Waals surface area contributed by atoms with Crippen LogP contribution in [-0.4, -0.2) is 28.8 Å². The molecule has 0 radical (unpaired) electrons. The fraction of sp³-hybridized carbons (Fsp3) is 0.444. The molecule has 3 rings (SSSR count). The Morgan fingerprint density at radius 3 is 2.75 bits per heavy atom. The summed E-state index contributed by atoms with van der Waals surface area (Å²) in [4.78, 5) is 12.3. The van der Waals surface area contributed by atoms with Gasteiger partial charge in [0.25, 0.3) is 0 Å². The average molecular weight is 330 g/mol. The number of aromatic nitrogens is 2. The molecule has 2 aromatic rings. The van der Waals surface area contributed by atoms with Crippen LogP contribution in [0.15, 0.2) is 30.3 Å². The predicted molar refractivity (Wildman–Crippen MR) is 91.7 cm³/mol. The summed E-state index contributed by atoms with van der Waals surface area (Å²) in [6.07, 6.45) is 3.70. The molecule has 0 unspecified atom stereocenters. The summed E-state index contributed by atoms with van der Waals surface area (Å²) < 4.78 is 14.7. The van der Waals surface area contributed by atoms with Crippen molar-refractivity contribution in [1.29, 1.82) is 0 Å². The number of benzene rings is 1. The highest BCUT2D eigenvalue weighted by molar-refractivity contribution is 5.90. The van der Waals surface area contributed by atoms with E-state index in [1.54, 1.807) is 16.8 Å². The van der Waals surface area contributed by atoms with Gasteiger partial charge in [0, 0.05) is 12.5 Å². The van der Waals surface area contributed by atoms with Crippen molar-refractivity contribution in [2.75, 3.05) is 18.4 Å². The number of carbonyl (C=O) groups is 1. The maximum Gasteiger partial charge on any atom is 0.225 e. The second-order valence-corrected chi connectivity index (χ2v) is 6.34. The molecule has 5 nitrogen and oxygen atoms in total. The van der Waals surface area contributed by atoms with Crippen molar-refractivity contribution >= 4 is 11.7 Å². The van der Waals surface area contributed by atoms with Crippen LogP contribution >= 0.6 is 0 Å². The van der Waals surface area contributed by atoms with Gasteiger partial charge in [-0.2, -0.15) is 5.10 Å². The molecule has 0 spiro atoms. The first kappa shape index (κ1) is 16.6. The molecule has 2 heterocycles. The smallest absolute Gasteiger partial charge is 0.225 e. The van der Waals surface area contributed by atoms with E-state index in [2.05, 4.69) is 15.7 Å². The van der Waals surface area contributed by atoms with E-state index in [1.807, 2.05) is 13.0 Å². The standard InChI is InChI=1S/C18H23FN4O/c1-13-12-17(23(22-13)16-5-3-15(19)4-6-16)21-18(24)7-2-14-8-10-20-11-9-14/h3-6,12,14,20H,2,7-11H2,1H3,(H,21,24). The molecule has 0 bridgehead atoms. The van der Waals surface area contributed by atoms with Crippen molar-refractivity contribution < 1.29 is 9.18 Å². The first-order valence-corrected chi connectivity index (χ1v) is 8.45. The zero-order chi connectivity index (χ0) is 16.9. The van der Waals surface area contributed by atoms with Crippen LogP contribution < -0.4 is 10.6 Å². The van der Waals surface area contributed by atoms with Gasteiger partial charge in [-0.3, -0.25) is 4.79 Å². The number of piperidine rings is 1. The summed E-state index contributed by atoms with van der Waals surface area (Å²) in [6.45, 7) is 3.95. The van der Waals surface area contributed by atoms with Gasteiger partial charge in [0.05, 0.1) is 11.4 Å². The average Bonchev–Trinajstić information content (AvgIpc) is 2.95. The second-order valence-electron chi connectivity index (χ2n) is 6.34. The van der Waals surface area contributed by atoms with Crippen molar-refractivity contribution in [2.45, 2.75) is 32.6 Å². The van der Waals surface area contributed by atoms with E-state index in [1.165, 1.54) is 12.1 Å². The van der Waals surface area contributed by atoms with Crippen LogP contribution in [0.2, 0.25) is 0 Å². The molecule has 1 aliphatic rings. The monoisotopic (exact) mass is 330 g/mol. The van der Waals surface area contributed by atoms with E-state index >= 15 is 0 Å². The number of anilines is 1. The van der Waals surface area contributed by atoms with E-state index in [-0.39, 0.29) is 11.7 Å². The maximum atomic E-state index is 13.1. The van der Waals surface area contributed by atoms with Gasteiger partial charge >= 0.3 is 0 Å². The molecule has 2 N–H and O–H groups in total. The van der Waals surface area contributed by atoms with Crippen molar-refractivity contribution in [3.05, 3.63) is 41.8 Å². The van der Waals surface area contributed by atoms with E-state index in [4.69, 9.17) is 0 Å². The van der Waals surface area contributed by atoms with Gasteiger partial charge in [0.1, 0.15) is 11.6 Å². The number of halogens is 1. The number of amides is 1. The van der Waals surface area contributed by atoms with E-state index in [0.717, 1.165) is 43.7 Å². The predicted octanol–water partition coefficient (Wildman–Crippen LogP) is 3.04. The lowest BCUT2D eigenvalue weighted by Crippen LogP contribution is -2.28. The summed E-state index contributed by atoms with van der Waals surface area (Å²) in [5.41, 5.74) is 1.52. The van der Waals surface area contributed by atoms with Crippen LogP contribution in [0.1, 0.15) is 31.4 Å². The molecule has 0 aliphatic carbocycles. The fourth-order valence-electron chi connectivity index (χ4n) is 3.08. The minimum Gasteiger partial charge on any atom is -0.317 e. The lowest BCUT2D eigenvalue weighted by molar-refractivity contribution is -0.116. The lowest BCUT2D eigenvalue weighted by atomic mass is 9.93. The molecule has 1 fully saturated rings. The molecular formula is C18H23FN4O. The minimum absolute atomic E-state index is 0.00297. The number of aryl methyl sites for hydroxylation is 1. The molecule has 1 aromatic heterocycles. The number of carbonyl (C=O) groups excluding carboxylic acids is 1. The van der Waals surface area contributed by atoms with Crippen molar-refractivity contribution in [1.82, 2.24) is 15.1 Å². The zero-order valence-corrected chi connectivity index (χ0v) is 13.9. The Balaban J connectivity index is 1.64. The third kappa shape index (κ3) is 4.20. The van der Waals surface area contributed by atoms with Crippen LogP contribution in [0.4, 0.5) is 10.2 Å². The van der Waals surface area contributed by atoms with Gasteiger partial charge in [-0.15, -0.1) is 0 Å². The van der Waals surface area contributed by atoms with Gasteiger partial charge < -0.3 is 10.6 Å². The Labute approximate surface area is 141 Å². The first-order valence-electron chi connectivity index (χ1n) is 8.45. The topological polar surface area (TPSA) is 59.0 Å². The third-order valence-corrected chi connectivity index (χ3v) is 4.41. The molecule has 1 amide bonds. The summed E-state index contributed by atoms with van der Waals surface area (Å²) in [5.74, 6) is 0.946. The summed E-state index contributed by atoms with van der Waals surface area (Å²) in [6, 6.07) is 7.88. The molecule has 6 heteroatoms. The van der Waals surface area contributed by atoms with Crippen LogP contribution in [0, 0.1) is 18.7 Å². The molecule has 1 aromatic carbocycles. The Kier molecular flexibility index (Phi) is 5.25. The van der Waals surface area contributed by atoms with E-state index in [9.17, 15) is 9.18 Å². The highest BCUT2D eigenvalue weighted by atomic mass is 19.1. The lowest BCUT2D eigenvalue weighted by Gasteiger charge is -2.22. The van der Waals surface area contributed by atoms with E-state index in [0.29, 0.717) is 18.2 Å². The zero-order valence-electron chi connectivity index (χ0n) is 13.9. The summed E-state index contributed by atoms with van der Waals surface area (Å²) in [5, 5.41) is 10.7. The largest absolute Gasteiger partial charge is 0.317 e. The number of nitrogens with one attached hydrogen (secondary N) is 2. The highest BCUT2D eigenvalue weighted by Crippen LogP contribution is 2.20. The van der Waals surface area contributed by atoms with E-state index < -0.39 is 0 Å². The third-order valence-electron chi connectivity index (χ3n) is 4.41. The van der Waals surface area contributed by atoms with Crippen molar-refractivity contribution in [2.24, 2.45) is 5.92 Å². The number of rotatable bonds is 5. The quantitative estimate of drug-likeness (QED) is 0.886. The first-order chi connectivity index (χ1) is 11.6. The fourth-order valence-corrected chi connectivity index (χ4v) is 3.08. The van der Waals surface area contributed by atoms with Gasteiger partial charge in [-0.1, -0.05) is 0 Å². The highest BCUT2D eigenvalue weighted by Gasteiger charge is 2.16. The molecule has 128 valence electrons. The van der Waals surface area contributed by atoms with Crippen LogP contribution in [0.5, 0.6) is 0 Å². The number of nitrogens with zero attached hydrogens (tertiary/aromatic N) is 2. The molecule has 0 saturated carbocycles. The summed E-state index contributed by atoms with van der Waals surface area (Å²) in [7, 11) is 0. The van der Waals surface area contributed by atoms with Crippen molar-refractivity contribution in [3.63, 3.8) is 0 Å². The Morgan fingerprint density at radius 2 is 2.04 bits per heavy atom. The second kappa shape index (κ2) is 7.57. The molecule has 24 heavy (non-hydrogen) atoms. The molecule has 1 aliphatic heterocycles. The van der Waals surface area contributed by atoms with Crippen LogP contribution in [-0.2, 0) is 4.79 Å². The Hall–Kier alpha value is -2.21. The van der Waals surface area contributed by atoms with Crippen LogP contribution in [0.3, 0.4) is 0 Å². The number of hydrogen-bond acceptors (Lipinski definition) is 3. The minimum atomic E-state index is -0.296. The molecule has 0 atom stereocenters. The maximum absolute atomic E-state index is 13.1. The number of hydrogen-bond donors (Lipinski definition) is 2. The van der Waals surface area contributed by atoms with Gasteiger partial charge in [0.2, 0.25) is 5.91 Å². The van der Waals surface area contributed by atoms with Gasteiger partial charge in [-0.25, -0.2) is 9.07 Å². The molecular weight excluding hydrogens is 307 g/mol. The SMILES string of the molecule is Cc1cc(NC(=O)CCC2CCNCC2)n(-c2ccc(F)cc2)n1. The molecule has 1 saturated heterocycles. The normalized spacial score (nSPS) is 15.4. The Morgan fingerprint density at radius 1 is 1.33 bits per heavy atom. The van der Waals surface area contributed by atoms with Gasteiger partial charge in [0.15, 0.2) is 0 Å². The van der Waals surface area contributed by atoms with Gasteiger partial charge in [-0.05, 0) is 69.5 Å².